The number of rotatable bonds is 4. The van der Waals surface area contributed by atoms with Crippen molar-refractivity contribution in [2.75, 3.05) is 0 Å². The van der Waals surface area contributed by atoms with Gasteiger partial charge in [0.25, 0.3) is 10.0 Å². The second kappa shape index (κ2) is 5.57. The van der Waals surface area contributed by atoms with Crippen molar-refractivity contribution in [1.29, 1.82) is 0 Å². The Balaban J connectivity index is 1.36. The van der Waals surface area contributed by atoms with Gasteiger partial charge < -0.3 is 0 Å². The van der Waals surface area contributed by atoms with E-state index in [4.69, 9.17) is 0 Å². The van der Waals surface area contributed by atoms with Gasteiger partial charge in [-0.3, -0.25) is 0 Å². The van der Waals surface area contributed by atoms with Gasteiger partial charge in [-0.15, -0.1) is 0 Å². The molecule has 6 rings (SSSR count). The van der Waals surface area contributed by atoms with Crippen LogP contribution in [0, 0.1) is 12.3 Å². The molecule has 1 fully saturated rings. The molecule has 144 valence electrons. The number of aryl methyl sites for hydroxylation is 1. The lowest BCUT2D eigenvalue weighted by Crippen LogP contribution is -2.21. The van der Waals surface area contributed by atoms with Gasteiger partial charge in [0, 0.05) is 29.4 Å². The van der Waals surface area contributed by atoms with Crippen LogP contribution in [0.3, 0.4) is 0 Å². The summed E-state index contributed by atoms with van der Waals surface area (Å²) in [5.74, 6) is 1.01. The molecule has 0 aliphatic heterocycles. The molecule has 1 saturated carbocycles. The predicted octanol–water partition coefficient (Wildman–Crippen LogP) is 4.29. The summed E-state index contributed by atoms with van der Waals surface area (Å²) in [5, 5.41) is 4.28. The van der Waals surface area contributed by atoms with Crippen molar-refractivity contribution in [3.8, 4) is 0 Å². The van der Waals surface area contributed by atoms with Crippen LogP contribution >= 0.6 is 0 Å². The van der Waals surface area contributed by atoms with E-state index in [1.165, 1.54) is 22.3 Å². The fraction of sp³-hybridized carbons (Fsp3) is 0.208. The Morgan fingerprint density at radius 2 is 1.34 bits per heavy atom. The quantitative estimate of drug-likeness (QED) is 0.525. The average Bonchev–Trinajstić information content (AvgIpc) is 3.21. The van der Waals surface area contributed by atoms with E-state index < -0.39 is 10.0 Å². The van der Waals surface area contributed by atoms with Crippen molar-refractivity contribution in [3.05, 3.63) is 101 Å². The zero-order valence-corrected chi connectivity index (χ0v) is 16.7. The van der Waals surface area contributed by atoms with Gasteiger partial charge in [-0.05, 0) is 41.3 Å². The zero-order valence-electron chi connectivity index (χ0n) is 15.9. The summed E-state index contributed by atoms with van der Waals surface area (Å²) in [6.45, 7) is 1.93. The molecule has 0 heterocycles. The third-order valence-corrected chi connectivity index (χ3v) is 8.12. The van der Waals surface area contributed by atoms with E-state index in [-0.39, 0.29) is 16.2 Å². The summed E-state index contributed by atoms with van der Waals surface area (Å²) in [5.41, 5.74) is 6.34. The van der Waals surface area contributed by atoms with Gasteiger partial charge in [0.05, 0.1) is 4.90 Å². The average molecular weight is 401 g/mol. The topological polar surface area (TPSA) is 58.5 Å². The number of nitrogens with one attached hydrogen (secondary N) is 1. The van der Waals surface area contributed by atoms with Gasteiger partial charge in [-0.25, -0.2) is 4.83 Å². The number of sulfonamides is 1. The van der Waals surface area contributed by atoms with E-state index in [0.717, 1.165) is 5.56 Å². The van der Waals surface area contributed by atoms with Gasteiger partial charge in [0.15, 0.2) is 0 Å². The van der Waals surface area contributed by atoms with Crippen molar-refractivity contribution < 1.29 is 8.42 Å². The van der Waals surface area contributed by atoms with Gasteiger partial charge in [0.1, 0.15) is 0 Å². The number of hydrazone groups is 1. The maximum atomic E-state index is 12.6. The second-order valence-electron chi connectivity index (χ2n) is 8.31. The minimum Gasteiger partial charge on any atom is -0.200 e. The van der Waals surface area contributed by atoms with Crippen molar-refractivity contribution in [1.82, 2.24) is 4.83 Å². The molecule has 1 N–H and O–H groups in total. The van der Waals surface area contributed by atoms with Crippen LogP contribution in [0.5, 0.6) is 0 Å². The smallest absolute Gasteiger partial charge is 0.200 e. The van der Waals surface area contributed by atoms with E-state index in [9.17, 15) is 8.42 Å². The molecule has 3 aromatic rings. The van der Waals surface area contributed by atoms with Crippen LogP contribution in [0.15, 0.2) is 82.8 Å². The van der Waals surface area contributed by atoms with Gasteiger partial charge in [-0.1, -0.05) is 66.2 Å². The monoisotopic (exact) mass is 400 g/mol. The van der Waals surface area contributed by atoms with Crippen molar-refractivity contribution >= 4 is 16.2 Å². The molecule has 4 nitrogen and oxygen atoms in total. The first-order valence-electron chi connectivity index (χ1n) is 9.84. The SMILES string of the molecule is Cc1ccc(S(=O)(=O)N/N=C/C23C4c5ccccc5[C@@H]2[C@@H]3c2ccccc24)cc1. The van der Waals surface area contributed by atoms with Crippen LogP contribution in [0.4, 0.5) is 0 Å². The molecule has 4 atom stereocenters. The third-order valence-electron chi connectivity index (χ3n) is 6.88. The molecule has 3 aromatic carbocycles. The molecule has 0 aromatic heterocycles. The molecular formula is C24H20N2O2S. The number of hydrogen-bond acceptors (Lipinski definition) is 3. The van der Waals surface area contributed by atoms with E-state index in [0.29, 0.717) is 11.8 Å². The maximum absolute atomic E-state index is 12.6. The first kappa shape index (κ1) is 17.0. The Hall–Kier alpha value is -2.92. The normalized spacial score (nSPS) is 28.1. The van der Waals surface area contributed by atoms with Gasteiger partial charge in [0.2, 0.25) is 0 Å². The molecule has 0 bridgehead atoms. The number of benzene rings is 3. The van der Waals surface area contributed by atoms with Crippen molar-refractivity contribution in [2.24, 2.45) is 10.5 Å². The highest BCUT2D eigenvalue weighted by Crippen LogP contribution is 2.85. The summed E-state index contributed by atoms with van der Waals surface area (Å²) in [7, 11) is -3.67. The fourth-order valence-electron chi connectivity index (χ4n) is 5.72. The Bertz CT molecular complexity index is 1220. The molecule has 0 amide bonds. The minimum absolute atomic E-state index is 0.150. The first-order valence-corrected chi connectivity index (χ1v) is 11.3. The lowest BCUT2D eigenvalue weighted by atomic mass is 9.86. The summed E-state index contributed by atoms with van der Waals surface area (Å²) >= 11 is 0. The van der Waals surface area contributed by atoms with Crippen molar-refractivity contribution in [3.63, 3.8) is 0 Å². The van der Waals surface area contributed by atoms with E-state index in [2.05, 4.69) is 58.5 Å². The van der Waals surface area contributed by atoms with Crippen LogP contribution in [-0.4, -0.2) is 14.6 Å². The highest BCUT2D eigenvalue weighted by atomic mass is 32.2. The first-order chi connectivity index (χ1) is 14.0. The van der Waals surface area contributed by atoms with E-state index in [1.54, 1.807) is 24.3 Å². The molecule has 3 aliphatic carbocycles. The molecule has 2 unspecified atom stereocenters. The molecule has 0 spiro atoms. The highest BCUT2D eigenvalue weighted by Gasteiger charge is 2.77. The highest BCUT2D eigenvalue weighted by molar-refractivity contribution is 7.89. The van der Waals surface area contributed by atoms with Crippen LogP contribution in [0.1, 0.15) is 45.6 Å². The third kappa shape index (κ3) is 2.14. The van der Waals surface area contributed by atoms with E-state index in [1.807, 2.05) is 13.1 Å². The lowest BCUT2D eigenvalue weighted by Gasteiger charge is -2.17. The van der Waals surface area contributed by atoms with Crippen LogP contribution in [0.2, 0.25) is 0 Å². The van der Waals surface area contributed by atoms with Crippen LogP contribution < -0.4 is 4.83 Å². The summed E-state index contributed by atoms with van der Waals surface area (Å²) in [6, 6.07) is 24.0. The fourth-order valence-corrected chi connectivity index (χ4v) is 6.51. The number of hydrogen-bond donors (Lipinski definition) is 1. The standard InChI is InChI=1S/C24H20N2O2S/c1-15-10-12-16(13-11-15)29(27,28)26-25-14-24-21-17-6-2-4-8-19(17)22(24)23(24)20-9-5-3-7-18(20)21/h2-14,21-23,26H,1H3/b25-14+/t21?,22-,23+,24?. The van der Waals surface area contributed by atoms with Gasteiger partial charge in [-0.2, -0.15) is 13.5 Å². The molecule has 29 heavy (non-hydrogen) atoms. The lowest BCUT2D eigenvalue weighted by molar-refractivity contribution is 0.582. The van der Waals surface area contributed by atoms with Crippen molar-refractivity contribution in [2.45, 2.75) is 29.6 Å². The Morgan fingerprint density at radius 3 is 1.90 bits per heavy atom. The minimum atomic E-state index is -3.67. The van der Waals surface area contributed by atoms with Crippen LogP contribution in [0.25, 0.3) is 0 Å². The summed E-state index contributed by atoms with van der Waals surface area (Å²) < 4.78 is 25.3. The van der Waals surface area contributed by atoms with E-state index >= 15 is 0 Å². The maximum Gasteiger partial charge on any atom is 0.276 e. The molecule has 0 saturated heterocycles. The summed E-state index contributed by atoms with van der Waals surface area (Å²) in [4.78, 5) is 2.67. The second-order valence-corrected chi connectivity index (χ2v) is 9.97. The Morgan fingerprint density at radius 1 is 0.828 bits per heavy atom. The number of nitrogens with zero attached hydrogens (tertiary/aromatic N) is 1. The number of fused-ring (bicyclic) bond motifs is 7. The molecule has 0 radical (unpaired) electrons. The predicted molar refractivity (Wildman–Crippen MR) is 113 cm³/mol. The largest absolute Gasteiger partial charge is 0.276 e. The van der Waals surface area contributed by atoms with Crippen LogP contribution in [-0.2, 0) is 10.0 Å². The molecule has 3 aliphatic rings. The zero-order chi connectivity index (χ0) is 19.8. The molecular weight excluding hydrogens is 380 g/mol. The Kier molecular flexibility index (Phi) is 3.26. The molecule has 5 heteroatoms. The summed E-state index contributed by atoms with van der Waals surface area (Å²) in [6.07, 6.45) is 1.87. The van der Waals surface area contributed by atoms with Gasteiger partial charge >= 0.3 is 0 Å². The Labute approximate surface area is 170 Å².